The second-order valence-corrected chi connectivity index (χ2v) is 5.08. The maximum atomic E-state index is 12.3. The molecule has 0 unspecified atom stereocenters. The van der Waals surface area contributed by atoms with E-state index in [1.807, 2.05) is 37.3 Å². The van der Waals surface area contributed by atoms with E-state index < -0.39 is 11.9 Å². The van der Waals surface area contributed by atoms with Crippen LogP contribution in [0.4, 0.5) is 0 Å². The van der Waals surface area contributed by atoms with Gasteiger partial charge in [-0.1, -0.05) is 30.3 Å². The highest BCUT2D eigenvalue weighted by Crippen LogP contribution is 2.24. The van der Waals surface area contributed by atoms with Crippen LogP contribution in [0.15, 0.2) is 30.3 Å². The molecule has 0 aliphatic carbocycles. The van der Waals surface area contributed by atoms with Gasteiger partial charge in [0.15, 0.2) is 0 Å². The van der Waals surface area contributed by atoms with Gasteiger partial charge in [0.1, 0.15) is 0 Å². The third kappa shape index (κ3) is 3.13. The Morgan fingerprint density at radius 1 is 1.32 bits per heavy atom. The van der Waals surface area contributed by atoms with Crippen LogP contribution in [-0.4, -0.2) is 34.5 Å². The van der Waals surface area contributed by atoms with Crippen molar-refractivity contribution >= 4 is 11.9 Å². The lowest BCUT2D eigenvalue weighted by Crippen LogP contribution is -2.49. The molecule has 1 N–H and O–H groups in total. The van der Waals surface area contributed by atoms with Crippen molar-refractivity contribution in [1.82, 2.24) is 4.90 Å². The molecule has 1 aliphatic rings. The number of benzene rings is 1. The van der Waals surface area contributed by atoms with Crippen LogP contribution >= 0.6 is 0 Å². The van der Waals surface area contributed by atoms with E-state index in [1.54, 1.807) is 4.90 Å². The number of amides is 1. The number of likely N-dealkylation sites (tertiary alicyclic amines) is 1. The molecule has 19 heavy (non-hydrogen) atoms. The molecule has 4 heteroatoms. The van der Waals surface area contributed by atoms with Gasteiger partial charge in [-0.05, 0) is 25.3 Å². The van der Waals surface area contributed by atoms with Crippen molar-refractivity contribution in [2.75, 3.05) is 6.54 Å². The van der Waals surface area contributed by atoms with Crippen molar-refractivity contribution in [2.24, 2.45) is 5.92 Å². The largest absolute Gasteiger partial charge is 0.481 e. The van der Waals surface area contributed by atoms with Crippen molar-refractivity contribution in [3.8, 4) is 0 Å². The summed E-state index contributed by atoms with van der Waals surface area (Å²) in [5.41, 5.74) is 0.970. The van der Waals surface area contributed by atoms with Crippen LogP contribution < -0.4 is 0 Å². The van der Waals surface area contributed by atoms with Gasteiger partial charge in [-0.2, -0.15) is 0 Å². The summed E-state index contributed by atoms with van der Waals surface area (Å²) in [5.74, 6) is -1.22. The van der Waals surface area contributed by atoms with Crippen LogP contribution in [0.2, 0.25) is 0 Å². The molecule has 1 saturated heterocycles. The van der Waals surface area contributed by atoms with E-state index in [9.17, 15) is 9.59 Å². The first-order chi connectivity index (χ1) is 9.09. The number of aliphatic carboxylic acids is 1. The van der Waals surface area contributed by atoms with Crippen molar-refractivity contribution in [3.05, 3.63) is 35.9 Å². The summed E-state index contributed by atoms with van der Waals surface area (Å²) in [6.07, 6.45) is 1.77. The first-order valence-corrected chi connectivity index (χ1v) is 6.66. The molecule has 1 heterocycles. The predicted octanol–water partition coefficient (Wildman–Crippen LogP) is 1.94. The summed E-state index contributed by atoms with van der Waals surface area (Å²) in [5, 5.41) is 9.16. The Bertz CT molecular complexity index is 458. The second-order valence-electron chi connectivity index (χ2n) is 5.08. The van der Waals surface area contributed by atoms with Gasteiger partial charge in [-0.15, -0.1) is 0 Å². The van der Waals surface area contributed by atoms with Crippen LogP contribution in [-0.2, 0) is 16.0 Å². The lowest BCUT2D eigenvalue weighted by molar-refractivity contribution is -0.148. The number of rotatable bonds is 3. The minimum absolute atomic E-state index is 0.0182. The number of carbonyl (C=O) groups excluding carboxylic acids is 1. The van der Waals surface area contributed by atoms with Gasteiger partial charge in [-0.25, -0.2) is 0 Å². The minimum atomic E-state index is -0.801. The third-order valence-corrected chi connectivity index (χ3v) is 3.82. The number of piperidine rings is 1. The van der Waals surface area contributed by atoms with E-state index >= 15 is 0 Å². The number of carboxylic acids is 1. The van der Waals surface area contributed by atoms with Gasteiger partial charge in [0.05, 0.1) is 12.3 Å². The number of hydrogen-bond acceptors (Lipinski definition) is 2. The van der Waals surface area contributed by atoms with Gasteiger partial charge in [0.25, 0.3) is 0 Å². The Hall–Kier alpha value is -1.84. The SMILES string of the molecule is C[C@@H]1[C@H](C(=O)O)CCCN1C(=O)Cc1ccccc1. The fourth-order valence-electron chi connectivity index (χ4n) is 2.70. The zero-order valence-electron chi connectivity index (χ0n) is 11.1. The van der Waals surface area contributed by atoms with E-state index in [4.69, 9.17) is 5.11 Å². The van der Waals surface area contributed by atoms with Crippen LogP contribution in [0.25, 0.3) is 0 Å². The van der Waals surface area contributed by atoms with Gasteiger partial charge >= 0.3 is 5.97 Å². The van der Waals surface area contributed by atoms with Gasteiger partial charge in [-0.3, -0.25) is 9.59 Å². The van der Waals surface area contributed by atoms with Crippen molar-refractivity contribution in [2.45, 2.75) is 32.2 Å². The Morgan fingerprint density at radius 2 is 2.00 bits per heavy atom. The first-order valence-electron chi connectivity index (χ1n) is 6.66. The van der Waals surface area contributed by atoms with Gasteiger partial charge < -0.3 is 10.0 Å². The van der Waals surface area contributed by atoms with E-state index in [1.165, 1.54) is 0 Å². The Labute approximate surface area is 113 Å². The molecule has 1 aromatic rings. The molecule has 1 amide bonds. The highest BCUT2D eigenvalue weighted by Gasteiger charge is 2.34. The van der Waals surface area contributed by atoms with E-state index in [-0.39, 0.29) is 11.9 Å². The molecule has 4 nitrogen and oxygen atoms in total. The molecule has 1 fully saturated rings. The summed E-state index contributed by atoms with van der Waals surface area (Å²) >= 11 is 0. The molecule has 2 rings (SSSR count). The van der Waals surface area contributed by atoms with Gasteiger partial charge in [0.2, 0.25) is 5.91 Å². The molecule has 102 valence electrons. The minimum Gasteiger partial charge on any atom is -0.481 e. The van der Waals surface area contributed by atoms with Crippen molar-refractivity contribution < 1.29 is 14.7 Å². The molecule has 1 aliphatic heterocycles. The number of hydrogen-bond donors (Lipinski definition) is 1. The number of carbonyl (C=O) groups is 2. The lowest BCUT2D eigenvalue weighted by Gasteiger charge is -2.37. The fourth-order valence-corrected chi connectivity index (χ4v) is 2.70. The zero-order valence-corrected chi connectivity index (χ0v) is 11.1. The van der Waals surface area contributed by atoms with Crippen molar-refractivity contribution in [1.29, 1.82) is 0 Å². The van der Waals surface area contributed by atoms with Gasteiger partial charge in [0, 0.05) is 12.6 Å². The summed E-state index contributed by atoms with van der Waals surface area (Å²) in [6.45, 7) is 2.50. The molecule has 0 spiro atoms. The maximum Gasteiger partial charge on any atom is 0.308 e. The Kier molecular flexibility index (Phi) is 4.20. The highest BCUT2D eigenvalue weighted by atomic mass is 16.4. The molecule has 2 atom stereocenters. The number of nitrogens with zero attached hydrogens (tertiary/aromatic N) is 1. The molecular formula is C15H19NO3. The molecule has 0 saturated carbocycles. The summed E-state index contributed by atoms with van der Waals surface area (Å²) in [4.78, 5) is 25.1. The van der Waals surface area contributed by atoms with E-state index in [0.717, 1.165) is 12.0 Å². The Balaban J connectivity index is 2.04. The fraction of sp³-hybridized carbons (Fsp3) is 0.467. The average molecular weight is 261 g/mol. The topological polar surface area (TPSA) is 57.6 Å². The standard InChI is InChI=1S/C15H19NO3/c1-11-13(15(18)19)8-5-9-16(11)14(17)10-12-6-3-2-4-7-12/h2-4,6-7,11,13H,5,8-10H2,1H3,(H,18,19)/t11-,13-/m1/s1. The second kappa shape index (κ2) is 5.87. The molecule has 0 radical (unpaired) electrons. The maximum absolute atomic E-state index is 12.3. The molecule has 0 bridgehead atoms. The summed E-state index contributed by atoms with van der Waals surface area (Å²) < 4.78 is 0. The first kappa shape index (κ1) is 13.6. The van der Waals surface area contributed by atoms with Crippen LogP contribution in [0.1, 0.15) is 25.3 Å². The molecule has 0 aromatic heterocycles. The van der Waals surface area contributed by atoms with Crippen LogP contribution in [0, 0.1) is 5.92 Å². The predicted molar refractivity (Wildman–Crippen MR) is 71.7 cm³/mol. The Morgan fingerprint density at radius 3 is 2.63 bits per heavy atom. The smallest absolute Gasteiger partial charge is 0.308 e. The summed E-state index contributed by atoms with van der Waals surface area (Å²) in [7, 11) is 0. The molecule has 1 aromatic carbocycles. The monoisotopic (exact) mass is 261 g/mol. The van der Waals surface area contributed by atoms with E-state index in [0.29, 0.717) is 19.4 Å². The molecular weight excluding hydrogens is 242 g/mol. The van der Waals surface area contributed by atoms with Crippen LogP contribution in [0.3, 0.4) is 0 Å². The zero-order chi connectivity index (χ0) is 13.8. The normalized spacial score (nSPS) is 23.1. The summed E-state index contributed by atoms with van der Waals surface area (Å²) in [6, 6.07) is 9.34. The average Bonchev–Trinajstić information content (AvgIpc) is 2.39. The van der Waals surface area contributed by atoms with Crippen LogP contribution in [0.5, 0.6) is 0 Å². The highest BCUT2D eigenvalue weighted by molar-refractivity contribution is 5.80. The third-order valence-electron chi connectivity index (χ3n) is 3.82. The quantitative estimate of drug-likeness (QED) is 0.904. The number of carboxylic acid groups (broad SMARTS) is 1. The lowest BCUT2D eigenvalue weighted by atomic mass is 9.90. The van der Waals surface area contributed by atoms with Crippen molar-refractivity contribution in [3.63, 3.8) is 0 Å². The van der Waals surface area contributed by atoms with E-state index in [2.05, 4.69) is 0 Å².